The van der Waals surface area contributed by atoms with Gasteiger partial charge in [0.2, 0.25) is 5.91 Å². The van der Waals surface area contributed by atoms with Gasteiger partial charge < -0.3 is 19.5 Å². The number of rotatable bonds is 7. The first-order valence-corrected chi connectivity index (χ1v) is 9.22. The van der Waals surface area contributed by atoms with Gasteiger partial charge in [0.1, 0.15) is 0 Å². The summed E-state index contributed by atoms with van der Waals surface area (Å²) in [5, 5.41) is 4.96. The van der Waals surface area contributed by atoms with Gasteiger partial charge in [-0.05, 0) is 35.9 Å². The summed E-state index contributed by atoms with van der Waals surface area (Å²) in [6.07, 6.45) is 0.159. The van der Waals surface area contributed by atoms with E-state index < -0.39 is 5.82 Å². The van der Waals surface area contributed by atoms with Crippen LogP contribution in [-0.4, -0.2) is 32.2 Å². The zero-order valence-electron chi connectivity index (χ0n) is 15.6. The monoisotopic (exact) mass is 402 g/mol. The third-order valence-corrected chi connectivity index (χ3v) is 4.77. The van der Waals surface area contributed by atoms with Crippen LogP contribution in [0.3, 0.4) is 0 Å². The van der Waals surface area contributed by atoms with E-state index in [1.807, 2.05) is 0 Å². The first-order valence-electron chi connectivity index (χ1n) is 8.34. The van der Waals surface area contributed by atoms with Crippen molar-refractivity contribution in [1.82, 2.24) is 4.98 Å². The van der Waals surface area contributed by atoms with Crippen LogP contribution >= 0.6 is 11.3 Å². The minimum atomic E-state index is -0.466. The number of methoxy groups -OCH3 is 3. The van der Waals surface area contributed by atoms with Crippen molar-refractivity contribution in [2.75, 3.05) is 26.6 Å². The molecule has 0 spiro atoms. The fraction of sp³-hybridized carbons (Fsp3) is 0.200. The summed E-state index contributed by atoms with van der Waals surface area (Å²) >= 11 is 1.27. The number of benzene rings is 2. The maximum atomic E-state index is 13.9. The summed E-state index contributed by atoms with van der Waals surface area (Å²) in [6, 6.07) is 9.91. The van der Waals surface area contributed by atoms with Crippen LogP contribution in [-0.2, 0) is 11.2 Å². The second kappa shape index (κ2) is 8.71. The molecule has 6 nitrogen and oxygen atoms in total. The standard InChI is InChI=1S/C20H19FN2O4S/c1-25-16-7-5-13(10-14(16)21)15-11-28-20(22-15)23-19(24)9-12-4-6-17(26-2)18(8-12)27-3/h4-8,10-11H,9H2,1-3H3,(H,22,23,24). The van der Waals surface area contributed by atoms with Gasteiger partial charge in [0.05, 0.1) is 33.4 Å². The van der Waals surface area contributed by atoms with Crippen molar-refractivity contribution in [3.63, 3.8) is 0 Å². The lowest BCUT2D eigenvalue weighted by atomic mass is 10.1. The molecular weight excluding hydrogens is 383 g/mol. The van der Waals surface area contributed by atoms with E-state index in [9.17, 15) is 9.18 Å². The van der Waals surface area contributed by atoms with Crippen LogP contribution in [0.5, 0.6) is 17.2 Å². The molecular formula is C20H19FN2O4S. The van der Waals surface area contributed by atoms with Crippen molar-refractivity contribution >= 4 is 22.4 Å². The van der Waals surface area contributed by atoms with E-state index in [0.29, 0.717) is 27.9 Å². The summed E-state index contributed by atoms with van der Waals surface area (Å²) in [5.41, 5.74) is 1.96. The molecule has 0 fully saturated rings. The zero-order valence-corrected chi connectivity index (χ0v) is 16.4. The molecule has 0 saturated carbocycles. The summed E-state index contributed by atoms with van der Waals surface area (Å²) < 4.78 is 29.2. The van der Waals surface area contributed by atoms with E-state index in [4.69, 9.17) is 14.2 Å². The molecule has 28 heavy (non-hydrogen) atoms. The average Bonchev–Trinajstić information content (AvgIpc) is 3.16. The van der Waals surface area contributed by atoms with Crippen molar-refractivity contribution in [3.05, 3.63) is 53.2 Å². The largest absolute Gasteiger partial charge is 0.494 e. The third-order valence-electron chi connectivity index (χ3n) is 4.01. The SMILES string of the molecule is COc1ccc(-c2csc(NC(=O)Cc3ccc(OC)c(OC)c3)n2)cc1F. The minimum absolute atomic E-state index is 0.159. The van der Waals surface area contributed by atoms with Crippen LogP contribution in [0.15, 0.2) is 41.8 Å². The second-order valence-electron chi connectivity index (χ2n) is 5.80. The number of thiazole rings is 1. The Kier molecular flexibility index (Phi) is 6.10. The zero-order chi connectivity index (χ0) is 20.1. The summed E-state index contributed by atoms with van der Waals surface area (Å²) in [4.78, 5) is 16.7. The lowest BCUT2D eigenvalue weighted by Gasteiger charge is -2.09. The maximum absolute atomic E-state index is 13.9. The molecule has 146 valence electrons. The Morgan fingerprint density at radius 2 is 1.75 bits per heavy atom. The Morgan fingerprint density at radius 1 is 1.04 bits per heavy atom. The number of halogens is 1. The molecule has 0 aliphatic heterocycles. The molecule has 2 aromatic carbocycles. The predicted molar refractivity (Wildman–Crippen MR) is 106 cm³/mol. The van der Waals surface area contributed by atoms with Crippen molar-refractivity contribution in [2.45, 2.75) is 6.42 Å². The Bertz CT molecular complexity index is 990. The number of nitrogens with zero attached hydrogens (tertiary/aromatic N) is 1. The molecule has 0 saturated heterocycles. The van der Waals surface area contributed by atoms with Gasteiger partial charge in [-0.2, -0.15) is 0 Å². The summed E-state index contributed by atoms with van der Waals surface area (Å²) in [5.74, 6) is 0.650. The number of hydrogen-bond acceptors (Lipinski definition) is 6. The van der Waals surface area contributed by atoms with Crippen molar-refractivity contribution < 1.29 is 23.4 Å². The van der Waals surface area contributed by atoms with Crippen molar-refractivity contribution in [3.8, 4) is 28.5 Å². The smallest absolute Gasteiger partial charge is 0.230 e. The van der Waals surface area contributed by atoms with Crippen LogP contribution in [0.1, 0.15) is 5.56 Å². The molecule has 0 bridgehead atoms. The lowest BCUT2D eigenvalue weighted by molar-refractivity contribution is -0.115. The summed E-state index contributed by atoms with van der Waals surface area (Å²) in [6.45, 7) is 0. The molecule has 0 aliphatic rings. The van der Waals surface area contributed by atoms with E-state index in [-0.39, 0.29) is 18.1 Å². The van der Waals surface area contributed by atoms with E-state index >= 15 is 0 Å². The molecule has 3 aromatic rings. The quantitative estimate of drug-likeness (QED) is 0.643. The first-order chi connectivity index (χ1) is 13.5. The first kappa shape index (κ1) is 19.6. The highest BCUT2D eigenvalue weighted by atomic mass is 32.1. The number of amides is 1. The van der Waals surface area contributed by atoms with Crippen molar-refractivity contribution in [1.29, 1.82) is 0 Å². The number of carbonyl (C=O) groups excluding carboxylic acids is 1. The van der Waals surface area contributed by atoms with Crippen LogP contribution in [0.4, 0.5) is 9.52 Å². The van der Waals surface area contributed by atoms with Gasteiger partial charge in [0.15, 0.2) is 28.2 Å². The maximum Gasteiger partial charge on any atom is 0.230 e. The number of ether oxygens (including phenoxy) is 3. The third kappa shape index (κ3) is 4.40. The second-order valence-corrected chi connectivity index (χ2v) is 6.66. The molecule has 0 atom stereocenters. The number of nitrogens with one attached hydrogen (secondary N) is 1. The Hall–Kier alpha value is -3.13. The molecule has 0 unspecified atom stereocenters. The molecule has 1 heterocycles. The molecule has 3 rings (SSSR count). The molecule has 1 amide bonds. The van der Waals surface area contributed by atoms with Gasteiger partial charge >= 0.3 is 0 Å². The van der Waals surface area contributed by atoms with Gasteiger partial charge in [0.25, 0.3) is 0 Å². The Balaban J connectivity index is 1.68. The number of anilines is 1. The summed E-state index contributed by atoms with van der Waals surface area (Å²) in [7, 11) is 4.51. The van der Waals surface area contributed by atoms with Gasteiger partial charge in [-0.15, -0.1) is 11.3 Å². The van der Waals surface area contributed by atoms with Crippen LogP contribution in [0.25, 0.3) is 11.3 Å². The molecule has 1 aromatic heterocycles. The average molecular weight is 402 g/mol. The molecule has 0 radical (unpaired) electrons. The predicted octanol–water partition coefficient (Wildman–Crippen LogP) is 4.16. The van der Waals surface area contributed by atoms with E-state index in [1.54, 1.807) is 49.9 Å². The highest BCUT2D eigenvalue weighted by molar-refractivity contribution is 7.14. The lowest BCUT2D eigenvalue weighted by Crippen LogP contribution is -2.14. The van der Waals surface area contributed by atoms with Crippen molar-refractivity contribution in [2.24, 2.45) is 0 Å². The molecule has 0 aliphatic carbocycles. The highest BCUT2D eigenvalue weighted by Gasteiger charge is 2.12. The van der Waals surface area contributed by atoms with E-state index in [0.717, 1.165) is 5.56 Å². The van der Waals surface area contributed by atoms with E-state index in [2.05, 4.69) is 10.3 Å². The molecule has 8 heteroatoms. The van der Waals surface area contributed by atoms with Crippen LogP contribution < -0.4 is 19.5 Å². The number of hydrogen-bond donors (Lipinski definition) is 1. The van der Waals surface area contributed by atoms with Gasteiger partial charge in [0, 0.05) is 10.9 Å². The van der Waals surface area contributed by atoms with E-state index in [1.165, 1.54) is 24.5 Å². The van der Waals surface area contributed by atoms with Gasteiger partial charge in [-0.3, -0.25) is 4.79 Å². The highest BCUT2D eigenvalue weighted by Crippen LogP contribution is 2.29. The molecule has 1 N–H and O–H groups in total. The van der Waals surface area contributed by atoms with Crippen LogP contribution in [0.2, 0.25) is 0 Å². The van der Waals surface area contributed by atoms with Gasteiger partial charge in [-0.1, -0.05) is 6.07 Å². The fourth-order valence-electron chi connectivity index (χ4n) is 2.63. The number of carbonyl (C=O) groups is 1. The fourth-order valence-corrected chi connectivity index (χ4v) is 3.36. The minimum Gasteiger partial charge on any atom is -0.494 e. The normalized spacial score (nSPS) is 10.4. The van der Waals surface area contributed by atoms with Crippen LogP contribution in [0, 0.1) is 5.82 Å². The Labute approximate surface area is 165 Å². The number of aromatic nitrogens is 1. The topological polar surface area (TPSA) is 69.7 Å². The Morgan fingerprint density at radius 3 is 2.43 bits per heavy atom. The van der Waals surface area contributed by atoms with Gasteiger partial charge in [-0.25, -0.2) is 9.37 Å².